The summed E-state index contributed by atoms with van der Waals surface area (Å²) >= 11 is 0. The Bertz CT molecular complexity index is 333. The summed E-state index contributed by atoms with van der Waals surface area (Å²) < 4.78 is 0. The summed E-state index contributed by atoms with van der Waals surface area (Å²) in [5, 5.41) is 21.1. The van der Waals surface area contributed by atoms with E-state index in [4.69, 9.17) is 5.11 Å². The molecule has 0 radical (unpaired) electrons. The third kappa shape index (κ3) is 2.51. The molecule has 0 aliphatic heterocycles. The van der Waals surface area contributed by atoms with E-state index in [9.17, 15) is 9.59 Å². The number of nitrogens with zero attached hydrogens (tertiary/aromatic N) is 4. The number of aromatic nitrogens is 4. The van der Waals surface area contributed by atoms with Crippen molar-refractivity contribution in [3.05, 3.63) is 5.82 Å². The molecule has 0 unspecified atom stereocenters. The number of carbonyl (C=O) groups excluding carboxylic acids is 1. The highest BCUT2D eigenvalue weighted by atomic mass is 16.4. The fourth-order valence-electron chi connectivity index (χ4n) is 0.629. The summed E-state index contributed by atoms with van der Waals surface area (Å²) in [6.07, 6.45) is 0. The maximum Gasteiger partial charge on any atom is 0.394 e. The van der Waals surface area contributed by atoms with Gasteiger partial charge in [0.1, 0.15) is 0 Å². The van der Waals surface area contributed by atoms with Gasteiger partial charge in [0.15, 0.2) is 5.82 Å². The average Bonchev–Trinajstić information content (AvgIpc) is 2.47. The van der Waals surface area contributed by atoms with Crippen LogP contribution in [0.2, 0.25) is 0 Å². The summed E-state index contributed by atoms with van der Waals surface area (Å²) in [5.74, 6) is -2.37. The summed E-state index contributed by atoms with van der Waals surface area (Å²) in [6, 6.07) is 0. The van der Waals surface area contributed by atoms with Gasteiger partial charge < -0.3 is 10.4 Å². The van der Waals surface area contributed by atoms with E-state index in [1.54, 1.807) is 7.05 Å². The Kier molecular flexibility index (Phi) is 2.52. The molecule has 8 nitrogen and oxygen atoms in total. The SMILES string of the molecule is Cn1nnc(CNC(=O)C(=O)O)n1. The van der Waals surface area contributed by atoms with E-state index in [1.807, 2.05) is 0 Å². The van der Waals surface area contributed by atoms with E-state index in [0.29, 0.717) is 0 Å². The zero-order valence-corrected chi connectivity index (χ0v) is 6.76. The minimum Gasteiger partial charge on any atom is -0.474 e. The zero-order chi connectivity index (χ0) is 9.84. The second-order valence-electron chi connectivity index (χ2n) is 2.18. The fourth-order valence-corrected chi connectivity index (χ4v) is 0.629. The van der Waals surface area contributed by atoms with Gasteiger partial charge in [-0.25, -0.2) is 4.79 Å². The van der Waals surface area contributed by atoms with E-state index in [1.165, 1.54) is 4.80 Å². The van der Waals surface area contributed by atoms with E-state index in [2.05, 4.69) is 20.7 Å². The molecule has 1 heterocycles. The summed E-state index contributed by atoms with van der Waals surface area (Å²) in [7, 11) is 1.56. The molecular formula is C5H7N5O3. The Morgan fingerprint density at radius 3 is 2.77 bits per heavy atom. The van der Waals surface area contributed by atoms with Gasteiger partial charge in [0, 0.05) is 0 Å². The van der Waals surface area contributed by atoms with Crippen molar-refractivity contribution in [1.29, 1.82) is 0 Å². The molecular weight excluding hydrogens is 178 g/mol. The third-order valence-corrected chi connectivity index (χ3v) is 1.15. The standard InChI is InChI=1S/C5H7N5O3/c1-10-8-3(7-9-10)2-6-4(11)5(12)13/h2H2,1H3,(H,6,11)(H,12,13). The number of carboxylic acids is 1. The molecule has 0 aliphatic carbocycles. The molecule has 1 aromatic rings. The van der Waals surface area contributed by atoms with Crippen LogP contribution in [-0.2, 0) is 23.2 Å². The average molecular weight is 185 g/mol. The van der Waals surface area contributed by atoms with Crippen LogP contribution >= 0.6 is 0 Å². The smallest absolute Gasteiger partial charge is 0.394 e. The van der Waals surface area contributed by atoms with Crippen molar-refractivity contribution in [2.45, 2.75) is 6.54 Å². The number of carbonyl (C=O) groups is 2. The second kappa shape index (κ2) is 3.61. The van der Waals surface area contributed by atoms with Gasteiger partial charge in [0.2, 0.25) is 0 Å². The van der Waals surface area contributed by atoms with Crippen LogP contribution in [0.25, 0.3) is 0 Å². The van der Waals surface area contributed by atoms with Crippen LogP contribution in [-0.4, -0.2) is 37.2 Å². The molecule has 0 saturated heterocycles. The van der Waals surface area contributed by atoms with Crippen LogP contribution in [0.3, 0.4) is 0 Å². The summed E-state index contributed by atoms with van der Waals surface area (Å²) in [5.41, 5.74) is 0. The molecule has 1 rings (SSSR count). The molecule has 1 aromatic heterocycles. The van der Waals surface area contributed by atoms with Gasteiger partial charge in [-0.05, 0) is 5.21 Å². The molecule has 1 amide bonds. The first-order valence-corrected chi connectivity index (χ1v) is 3.33. The molecule has 70 valence electrons. The number of amides is 1. The number of aliphatic carboxylic acids is 1. The van der Waals surface area contributed by atoms with Gasteiger partial charge in [-0.15, -0.1) is 10.2 Å². The molecule has 13 heavy (non-hydrogen) atoms. The van der Waals surface area contributed by atoms with Crippen molar-refractivity contribution in [1.82, 2.24) is 25.5 Å². The number of aryl methyl sites for hydroxylation is 1. The molecule has 0 aromatic carbocycles. The van der Waals surface area contributed by atoms with E-state index in [0.717, 1.165) is 0 Å². The number of hydrogen-bond acceptors (Lipinski definition) is 5. The van der Waals surface area contributed by atoms with Crippen LogP contribution in [0.1, 0.15) is 5.82 Å². The highest BCUT2D eigenvalue weighted by Crippen LogP contribution is 1.83. The van der Waals surface area contributed by atoms with Gasteiger partial charge in [0.25, 0.3) is 0 Å². The maximum absolute atomic E-state index is 10.5. The Hall–Kier alpha value is -1.99. The lowest BCUT2D eigenvalue weighted by Crippen LogP contribution is -2.30. The first-order valence-electron chi connectivity index (χ1n) is 3.33. The van der Waals surface area contributed by atoms with Crippen molar-refractivity contribution in [2.24, 2.45) is 7.05 Å². The normalized spacial score (nSPS) is 9.62. The maximum atomic E-state index is 10.5. The summed E-state index contributed by atoms with van der Waals surface area (Å²) in [4.78, 5) is 21.8. The molecule has 0 spiro atoms. The minimum absolute atomic E-state index is 0.0427. The van der Waals surface area contributed by atoms with Gasteiger partial charge in [-0.1, -0.05) is 0 Å². The number of hydrogen-bond donors (Lipinski definition) is 2. The first-order chi connectivity index (χ1) is 6.09. The van der Waals surface area contributed by atoms with E-state index >= 15 is 0 Å². The molecule has 8 heteroatoms. The topological polar surface area (TPSA) is 110 Å². The Morgan fingerprint density at radius 1 is 1.62 bits per heavy atom. The number of carboxylic acid groups (broad SMARTS) is 1. The van der Waals surface area contributed by atoms with Crippen LogP contribution < -0.4 is 5.32 Å². The molecule has 0 saturated carbocycles. The third-order valence-electron chi connectivity index (χ3n) is 1.15. The van der Waals surface area contributed by atoms with Crippen molar-refractivity contribution in [2.75, 3.05) is 0 Å². The molecule has 0 bridgehead atoms. The van der Waals surface area contributed by atoms with Gasteiger partial charge in [0.05, 0.1) is 13.6 Å². The van der Waals surface area contributed by atoms with Crippen LogP contribution in [0, 0.1) is 0 Å². The van der Waals surface area contributed by atoms with Crippen molar-refractivity contribution in [3.8, 4) is 0 Å². The Labute approximate surface area is 72.5 Å². The highest BCUT2D eigenvalue weighted by Gasteiger charge is 2.11. The van der Waals surface area contributed by atoms with E-state index < -0.39 is 11.9 Å². The van der Waals surface area contributed by atoms with Crippen LogP contribution in [0.15, 0.2) is 0 Å². The predicted octanol–water partition coefficient (Wildman–Crippen LogP) is -2.09. The fraction of sp³-hybridized carbons (Fsp3) is 0.400. The minimum atomic E-state index is -1.54. The summed E-state index contributed by atoms with van der Waals surface area (Å²) in [6.45, 7) is -0.0427. The van der Waals surface area contributed by atoms with Gasteiger partial charge in [-0.2, -0.15) is 4.80 Å². The van der Waals surface area contributed by atoms with Crippen molar-refractivity contribution >= 4 is 11.9 Å². The van der Waals surface area contributed by atoms with Gasteiger partial charge >= 0.3 is 11.9 Å². The molecule has 0 fully saturated rings. The lowest BCUT2D eigenvalue weighted by atomic mass is 10.5. The van der Waals surface area contributed by atoms with Gasteiger partial charge in [-0.3, -0.25) is 4.79 Å². The molecule has 0 aliphatic rings. The first kappa shape index (κ1) is 9.10. The largest absolute Gasteiger partial charge is 0.474 e. The van der Waals surface area contributed by atoms with Crippen LogP contribution in [0.4, 0.5) is 0 Å². The number of nitrogens with one attached hydrogen (secondary N) is 1. The Morgan fingerprint density at radius 2 is 2.31 bits per heavy atom. The van der Waals surface area contributed by atoms with Crippen molar-refractivity contribution < 1.29 is 14.7 Å². The zero-order valence-electron chi connectivity index (χ0n) is 6.76. The number of tetrazole rings is 1. The number of rotatable bonds is 2. The highest BCUT2D eigenvalue weighted by molar-refractivity contribution is 6.31. The van der Waals surface area contributed by atoms with Crippen molar-refractivity contribution in [3.63, 3.8) is 0 Å². The second-order valence-corrected chi connectivity index (χ2v) is 2.18. The monoisotopic (exact) mass is 185 g/mol. The predicted molar refractivity (Wildman–Crippen MR) is 38.3 cm³/mol. The lowest BCUT2D eigenvalue weighted by molar-refractivity contribution is -0.150. The molecule has 2 N–H and O–H groups in total. The van der Waals surface area contributed by atoms with Crippen LogP contribution in [0.5, 0.6) is 0 Å². The lowest BCUT2D eigenvalue weighted by Gasteiger charge is -1.95. The Balaban J connectivity index is 2.44. The molecule has 0 atom stereocenters. The van der Waals surface area contributed by atoms with E-state index in [-0.39, 0.29) is 12.4 Å². The quantitative estimate of drug-likeness (QED) is 0.511.